The number of anilines is 1. The average molecular weight is 594 g/mol. The minimum atomic E-state index is -1.51. The molecule has 6 N–H and O–H groups in total. The van der Waals surface area contributed by atoms with Crippen molar-refractivity contribution in [1.29, 1.82) is 0 Å². The number of benzene rings is 2. The Labute approximate surface area is 210 Å². The van der Waals surface area contributed by atoms with Crippen LogP contribution in [0, 0.1) is 0 Å². The largest absolute Gasteiger partial charge is 0.462 e. The second-order valence-corrected chi connectivity index (χ2v) is 7.82. The zero-order chi connectivity index (χ0) is 25.1. The number of carbonyl (C=O) groups excluding carboxylic acids is 1. The van der Waals surface area contributed by atoms with Crippen LogP contribution in [-0.4, -0.2) is 70.8 Å². The lowest BCUT2D eigenvalue weighted by molar-refractivity contribution is -0.277. The van der Waals surface area contributed by atoms with Crippen molar-refractivity contribution in [3.05, 3.63) is 59.7 Å². The fraction of sp³-hybridized carbons (Fsp3) is 0.409. The Morgan fingerprint density at radius 1 is 1.03 bits per heavy atom. The highest BCUT2D eigenvalue weighted by atomic mass is 127. The molecule has 0 aromatic heterocycles. The number of aliphatic hydroxyl groups excluding tert-OH is 4. The summed E-state index contributed by atoms with van der Waals surface area (Å²) in [6, 6.07) is 14.0. The van der Waals surface area contributed by atoms with Crippen molar-refractivity contribution in [3.63, 3.8) is 0 Å². The molecule has 0 bridgehead atoms. The van der Waals surface area contributed by atoms with Gasteiger partial charge in [0.25, 0.3) is 0 Å². The summed E-state index contributed by atoms with van der Waals surface area (Å²) in [5.41, 5.74) is 3.78. The summed E-state index contributed by atoms with van der Waals surface area (Å²) in [5, 5.41) is 38.9. The number of hydrogen-bond acceptors (Lipinski definition) is 10. The number of halogens is 2. The van der Waals surface area contributed by atoms with E-state index < -0.39 is 37.3 Å². The molecular weight excluding hydrogens is 566 g/mol. The molecule has 1 aliphatic rings. The molecule has 2 aromatic rings. The lowest BCUT2D eigenvalue weighted by atomic mass is 9.99. The number of carbonyl (C=O) groups is 1. The van der Waals surface area contributed by atoms with Crippen molar-refractivity contribution in [2.45, 2.75) is 43.7 Å². The van der Waals surface area contributed by atoms with Gasteiger partial charge in [0.1, 0.15) is 36.8 Å². The Bertz CT molecular complexity index is 872. The van der Waals surface area contributed by atoms with Gasteiger partial charge in [0.2, 0.25) is 6.29 Å². The molecule has 3 rings (SSSR count). The first-order valence-corrected chi connectivity index (χ1v) is 11.4. The second kappa shape index (κ2) is 14.4. The van der Waals surface area contributed by atoms with Gasteiger partial charge in [0.15, 0.2) is 0 Å². The fourth-order valence-corrected chi connectivity index (χ4v) is 3.39. The monoisotopic (exact) mass is 594 g/mol. The molecule has 10 nitrogen and oxygen atoms in total. The topological polar surface area (TPSA) is 150 Å². The van der Waals surface area contributed by atoms with Gasteiger partial charge in [-0.15, -0.1) is 4.48 Å². The van der Waals surface area contributed by atoms with Crippen LogP contribution in [0.2, 0.25) is 0 Å². The van der Waals surface area contributed by atoms with Crippen molar-refractivity contribution in [3.8, 4) is 5.75 Å². The number of aliphatic hydroxyl groups is 4. The van der Waals surface area contributed by atoms with Crippen LogP contribution >= 0.6 is 22.9 Å². The lowest BCUT2D eigenvalue weighted by Crippen LogP contribution is -2.60. The van der Waals surface area contributed by atoms with E-state index in [9.17, 15) is 29.7 Å². The first kappa shape index (κ1) is 28.2. The van der Waals surface area contributed by atoms with E-state index in [2.05, 4.69) is 3.53 Å². The highest BCUT2D eigenvalue weighted by Gasteiger charge is 2.44. The van der Waals surface area contributed by atoms with Crippen molar-refractivity contribution in [1.82, 2.24) is 5.54 Å². The van der Waals surface area contributed by atoms with Crippen LogP contribution in [0.1, 0.15) is 11.1 Å². The maximum absolute atomic E-state index is 12.0. The Balaban J connectivity index is 0.00000129. The normalized spacial score (nSPS) is 23.9. The molecule has 34 heavy (non-hydrogen) atoms. The Kier molecular flexibility index (Phi) is 11.9. The quantitative estimate of drug-likeness (QED) is 0.149. The van der Waals surface area contributed by atoms with Crippen molar-refractivity contribution in [2.75, 3.05) is 17.2 Å². The summed E-state index contributed by atoms with van der Waals surface area (Å²) in [4.78, 5) is 12.0. The molecule has 2 aromatic carbocycles. The van der Waals surface area contributed by atoms with Crippen molar-refractivity contribution in [2.24, 2.45) is 0 Å². The van der Waals surface area contributed by atoms with E-state index in [0.717, 1.165) is 16.8 Å². The first-order valence-electron chi connectivity index (χ1n) is 10.3. The van der Waals surface area contributed by atoms with E-state index >= 15 is 0 Å². The predicted molar refractivity (Wildman–Crippen MR) is 129 cm³/mol. The summed E-state index contributed by atoms with van der Waals surface area (Å²) in [6.45, 7) is -0.443. The third-order valence-electron chi connectivity index (χ3n) is 4.84. The second-order valence-electron chi connectivity index (χ2n) is 7.28. The SMILES string of the molecule is CNF.O=C(Cc1ccc(NI)cc1)OCc1ccc(O[C@@H]2OC(CO)[C@H](O)C(O)[C@@H]2O)cc1. The minimum absolute atomic E-state index is 0.0898. The van der Waals surface area contributed by atoms with E-state index in [-0.39, 0.29) is 19.0 Å². The Morgan fingerprint density at radius 3 is 2.18 bits per heavy atom. The zero-order valence-corrected chi connectivity index (χ0v) is 20.5. The van der Waals surface area contributed by atoms with Gasteiger partial charge in [0, 0.05) is 12.7 Å². The van der Waals surface area contributed by atoms with Crippen LogP contribution in [0.5, 0.6) is 5.75 Å². The Morgan fingerprint density at radius 2 is 1.62 bits per heavy atom. The lowest BCUT2D eigenvalue weighted by Gasteiger charge is -2.39. The summed E-state index contributed by atoms with van der Waals surface area (Å²) in [6.07, 6.45) is -6.58. The molecule has 0 amide bonds. The zero-order valence-electron chi connectivity index (χ0n) is 18.3. The molecule has 0 aliphatic carbocycles. The number of esters is 1. The third-order valence-corrected chi connectivity index (χ3v) is 5.46. The van der Waals surface area contributed by atoms with Gasteiger partial charge >= 0.3 is 5.97 Å². The van der Waals surface area contributed by atoms with Crippen LogP contribution < -0.4 is 13.8 Å². The molecule has 5 atom stereocenters. The Hall–Kier alpha value is -2.07. The molecule has 0 saturated carbocycles. The van der Waals surface area contributed by atoms with E-state index in [1.54, 1.807) is 24.3 Å². The smallest absolute Gasteiger partial charge is 0.310 e. The molecule has 0 spiro atoms. The fourth-order valence-electron chi connectivity index (χ4n) is 3.03. The summed E-state index contributed by atoms with van der Waals surface area (Å²) >= 11 is 2.03. The van der Waals surface area contributed by atoms with Crippen molar-refractivity contribution >= 4 is 34.5 Å². The van der Waals surface area contributed by atoms with E-state index in [1.807, 2.05) is 47.1 Å². The standard InChI is InChI=1S/C21H24INO8.CH4FN/c22-23-14-5-1-12(2-6-14)9-17(25)29-11-13-3-7-15(8-4-13)30-21-20(28)19(27)18(26)16(10-24)31-21;1-3-2/h1-8,16,18-21,23-24,26-28H,9-11H2;3H,1H3/t16?,18-,19?,20-,21+;/m0./s1. The number of rotatable bonds is 8. The van der Waals surface area contributed by atoms with Gasteiger partial charge in [-0.2, -0.15) is 5.54 Å². The van der Waals surface area contributed by atoms with E-state index in [0.29, 0.717) is 5.75 Å². The summed E-state index contributed by atoms with van der Waals surface area (Å²) in [7, 11) is 1.21. The maximum Gasteiger partial charge on any atom is 0.310 e. The first-order chi connectivity index (χ1) is 16.3. The highest BCUT2D eigenvalue weighted by Crippen LogP contribution is 2.24. The van der Waals surface area contributed by atoms with E-state index in [4.69, 9.17) is 14.2 Å². The molecule has 1 saturated heterocycles. The average Bonchev–Trinajstić information content (AvgIpc) is 2.85. The molecule has 188 valence electrons. The third kappa shape index (κ3) is 8.30. The molecule has 0 radical (unpaired) electrons. The number of ether oxygens (including phenoxy) is 3. The minimum Gasteiger partial charge on any atom is -0.462 e. The molecular formula is C22H28FIN2O8. The molecule has 12 heteroatoms. The molecule has 1 heterocycles. The van der Waals surface area contributed by atoms with Crippen LogP contribution in [0.25, 0.3) is 0 Å². The van der Waals surface area contributed by atoms with Gasteiger partial charge in [-0.25, -0.2) is 0 Å². The van der Waals surface area contributed by atoms with Gasteiger partial charge in [-0.3, -0.25) is 4.79 Å². The predicted octanol–water partition coefficient (Wildman–Crippen LogP) is 1.00. The van der Waals surface area contributed by atoms with E-state index in [1.165, 1.54) is 12.6 Å². The maximum atomic E-state index is 12.0. The van der Waals surface area contributed by atoms with Gasteiger partial charge in [-0.05, 0) is 35.4 Å². The van der Waals surface area contributed by atoms with Gasteiger partial charge in [-0.1, -0.05) is 24.3 Å². The summed E-state index contributed by atoms with van der Waals surface area (Å²) in [5.74, 6) is -0.0137. The molecule has 1 aliphatic heterocycles. The van der Waals surface area contributed by atoms with Crippen molar-refractivity contribution < 1.29 is 43.9 Å². The van der Waals surface area contributed by atoms with Gasteiger partial charge < -0.3 is 38.2 Å². The van der Waals surface area contributed by atoms with Crippen LogP contribution in [0.4, 0.5) is 10.2 Å². The summed E-state index contributed by atoms with van der Waals surface area (Å²) < 4.78 is 29.2. The molecule has 2 unspecified atom stereocenters. The highest BCUT2D eigenvalue weighted by molar-refractivity contribution is 14.1. The van der Waals surface area contributed by atoms with Crippen LogP contribution in [0.3, 0.4) is 0 Å². The number of nitrogens with one attached hydrogen (secondary N) is 2. The number of hydrogen-bond donors (Lipinski definition) is 6. The van der Waals surface area contributed by atoms with Crippen LogP contribution in [-0.2, 0) is 27.3 Å². The van der Waals surface area contributed by atoms with Gasteiger partial charge in [0.05, 0.1) is 35.9 Å². The molecule has 1 fully saturated rings. The van der Waals surface area contributed by atoms with Crippen LogP contribution in [0.15, 0.2) is 48.5 Å².